The number of methoxy groups -OCH3 is 3. The Balaban J connectivity index is 1.73. The lowest BCUT2D eigenvalue weighted by Gasteiger charge is -2.36. The molecule has 1 atom stereocenters. The molecule has 2 aliphatic rings. The van der Waals surface area contributed by atoms with Crippen molar-refractivity contribution in [2.45, 2.75) is 44.2 Å². The van der Waals surface area contributed by atoms with E-state index in [2.05, 4.69) is 29.2 Å². The van der Waals surface area contributed by atoms with E-state index in [1.54, 1.807) is 33.5 Å². The zero-order valence-electron chi connectivity index (χ0n) is 16.7. The third-order valence-corrected chi connectivity index (χ3v) is 5.76. The molecule has 0 spiro atoms. The van der Waals surface area contributed by atoms with Crippen molar-refractivity contribution in [3.8, 4) is 17.2 Å². The molecule has 1 amide bonds. The summed E-state index contributed by atoms with van der Waals surface area (Å²) in [6.07, 6.45) is 5.32. The van der Waals surface area contributed by atoms with Crippen LogP contribution in [0.4, 0.5) is 0 Å². The maximum atomic E-state index is 13.6. The van der Waals surface area contributed by atoms with E-state index in [1.165, 1.54) is 11.1 Å². The van der Waals surface area contributed by atoms with Crippen LogP contribution in [0.5, 0.6) is 17.2 Å². The second-order valence-electron chi connectivity index (χ2n) is 7.46. The van der Waals surface area contributed by atoms with Gasteiger partial charge in [0, 0.05) is 11.6 Å². The fraction of sp³-hybridized carbons (Fsp3) is 0.435. The van der Waals surface area contributed by atoms with Gasteiger partial charge in [-0.2, -0.15) is 0 Å². The van der Waals surface area contributed by atoms with E-state index in [4.69, 9.17) is 14.2 Å². The number of carbonyl (C=O) groups is 1. The highest BCUT2D eigenvalue weighted by molar-refractivity contribution is 5.96. The molecule has 1 unspecified atom stereocenters. The standard InChI is InChI=1S/C23H27NO4/c1-26-20-13-16(14-21(27-2)22(20)28-3)23(25)24(17-11-12-17)19-10-6-8-15-7-4-5-9-18(15)19/h4-5,7,9,13-14,17,19H,6,8,10-12H2,1-3H3. The van der Waals surface area contributed by atoms with Crippen molar-refractivity contribution in [1.82, 2.24) is 4.90 Å². The number of hydrogen-bond acceptors (Lipinski definition) is 4. The first-order valence-electron chi connectivity index (χ1n) is 9.88. The van der Waals surface area contributed by atoms with Crippen LogP contribution in [0.1, 0.15) is 53.2 Å². The third-order valence-electron chi connectivity index (χ3n) is 5.76. The topological polar surface area (TPSA) is 48.0 Å². The summed E-state index contributed by atoms with van der Waals surface area (Å²) in [6, 6.07) is 12.5. The largest absolute Gasteiger partial charge is 0.493 e. The van der Waals surface area contributed by atoms with Gasteiger partial charge >= 0.3 is 0 Å². The highest BCUT2D eigenvalue weighted by Gasteiger charge is 2.40. The highest BCUT2D eigenvalue weighted by atomic mass is 16.5. The molecule has 0 bridgehead atoms. The summed E-state index contributed by atoms with van der Waals surface area (Å²) in [6.45, 7) is 0. The molecule has 0 N–H and O–H groups in total. The molecule has 0 heterocycles. The van der Waals surface area contributed by atoms with Crippen molar-refractivity contribution in [3.63, 3.8) is 0 Å². The van der Waals surface area contributed by atoms with Crippen molar-refractivity contribution in [2.24, 2.45) is 0 Å². The molecule has 0 aliphatic heterocycles. The van der Waals surface area contributed by atoms with E-state index in [9.17, 15) is 4.79 Å². The number of amides is 1. The van der Waals surface area contributed by atoms with Crippen LogP contribution >= 0.6 is 0 Å². The molecular weight excluding hydrogens is 354 g/mol. The molecule has 0 aromatic heterocycles. The quantitative estimate of drug-likeness (QED) is 0.744. The number of fused-ring (bicyclic) bond motifs is 1. The fourth-order valence-corrected chi connectivity index (χ4v) is 4.29. The summed E-state index contributed by atoms with van der Waals surface area (Å²) in [7, 11) is 4.71. The van der Waals surface area contributed by atoms with Crippen LogP contribution in [0.2, 0.25) is 0 Å². The average molecular weight is 381 g/mol. The van der Waals surface area contributed by atoms with E-state index >= 15 is 0 Å². The second-order valence-corrected chi connectivity index (χ2v) is 7.46. The molecule has 2 aliphatic carbocycles. The summed E-state index contributed by atoms with van der Waals surface area (Å²) >= 11 is 0. The monoisotopic (exact) mass is 381 g/mol. The van der Waals surface area contributed by atoms with Gasteiger partial charge in [-0.3, -0.25) is 4.79 Å². The SMILES string of the molecule is COc1cc(C(=O)N(C2CC2)C2CCCc3ccccc32)cc(OC)c1OC. The molecule has 1 fully saturated rings. The predicted octanol–water partition coefficient (Wildman–Crippen LogP) is 4.39. The number of rotatable bonds is 6. The first-order chi connectivity index (χ1) is 13.7. The lowest BCUT2D eigenvalue weighted by Crippen LogP contribution is -2.38. The zero-order chi connectivity index (χ0) is 19.7. The van der Waals surface area contributed by atoms with Gasteiger partial charge in [-0.05, 0) is 55.4 Å². The van der Waals surface area contributed by atoms with E-state index in [0.29, 0.717) is 28.9 Å². The predicted molar refractivity (Wildman–Crippen MR) is 107 cm³/mol. The van der Waals surface area contributed by atoms with Crippen LogP contribution in [-0.4, -0.2) is 38.2 Å². The zero-order valence-corrected chi connectivity index (χ0v) is 16.7. The van der Waals surface area contributed by atoms with Crippen molar-refractivity contribution >= 4 is 5.91 Å². The van der Waals surface area contributed by atoms with E-state index in [-0.39, 0.29) is 11.9 Å². The van der Waals surface area contributed by atoms with Gasteiger partial charge in [-0.25, -0.2) is 0 Å². The van der Waals surface area contributed by atoms with Gasteiger partial charge < -0.3 is 19.1 Å². The maximum absolute atomic E-state index is 13.6. The molecule has 28 heavy (non-hydrogen) atoms. The van der Waals surface area contributed by atoms with Gasteiger partial charge in [0.25, 0.3) is 5.91 Å². The van der Waals surface area contributed by atoms with Gasteiger partial charge in [0.15, 0.2) is 11.5 Å². The van der Waals surface area contributed by atoms with E-state index in [1.807, 2.05) is 0 Å². The van der Waals surface area contributed by atoms with Crippen LogP contribution < -0.4 is 14.2 Å². The summed E-state index contributed by atoms with van der Waals surface area (Å²) in [5.41, 5.74) is 3.23. The van der Waals surface area contributed by atoms with Gasteiger partial charge in [0.2, 0.25) is 5.75 Å². The summed E-state index contributed by atoms with van der Waals surface area (Å²) in [4.78, 5) is 15.7. The molecule has 5 heteroatoms. The number of aryl methyl sites for hydroxylation is 1. The smallest absolute Gasteiger partial charge is 0.254 e. The van der Waals surface area contributed by atoms with Crippen LogP contribution in [0.3, 0.4) is 0 Å². The molecule has 4 rings (SSSR count). The minimum Gasteiger partial charge on any atom is -0.493 e. The minimum atomic E-state index is 0.0310. The Morgan fingerprint density at radius 2 is 1.64 bits per heavy atom. The Hall–Kier alpha value is -2.69. The Morgan fingerprint density at radius 3 is 2.25 bits per heavy atom. The Kier molecular flexibility index (Phi) is 5.16. The highest BCUT2D eigenvalue weighted by Crippen LogP contribution is 2.43. The van der Waals surface area contributed by atoms with E-state index in [0.717, 1.165) is 32.1 Å². The van der Waals surface area contributed by atoms with Gasteiger partial charge in [-0.15, -0.1) is 0 Å². The van der Waals surface area contributed by atoms with Gasteiger partial charge in [-0.1, -0.05) is 24.3 Å². The lowest BCUT2D eigenvalue weighted by molar-refractivity contribution is 0.0637. The third kappa shape index (κ3) is 3.30. The molecule has 0 radical (unpaired) electrons. The Morgan fingerprint density at radius 1 is 0.964 bits per heavy atom. The molecule has 1 saturated carbocycles. The number of benzene rings is 2. The maximum Gasteiger partial charge on any atom is 0.254 e. The Labute approximate surface area is 166 Å². The number of carbonyl (C=O) groups excluding carboxylic acids is 1. The average Bonchev–Trinajstić information content (AvgIpc) is 3.58. The molecular formula is C23H27NO4. The number of ether oxygens (including phenoxy) is 3. The van der Waals surface area contributed by atoms with Gasteiger partial charge in [0.1, 0.15) is 0 Å². The van der Waals surface area contributed by atoms with Crippen LogP contribution in [0, 0.1) is 0 Å². The normalized spacial score (nSPS) is 18.2. The van der Waals surface area contributed by atoms with Crippen LogP contribution in [0.15, 0.2) is 36.4 Å². The van der Waals surface area contributed by atoms with Gasteiger partial charge in [0.05, 0.1) is 27.4 Å². The first kappa shape index (κ1) is 18.7. The Bertz CT molecular complexity index is 850. The van der Waals surface area contributed by atoms with Crippen molar-refractivity contribution in [1.29, 1.82) is 0 Å². The van der Waals surface area contributed by atoms with Crippen molar-refractivity contribution in [3.05, 3.63) is 53.1 Å². The minimum absolute atomic E-state index is 0.0310. The molecule has 2 aromatic rings. The molecule has 148 valence electrons. The first-order valence-corrected chi connectivity index (χ1v) is 9.88. The van der Waals surface area contributed by atoms with Crippen molar-refractivity contribution in [2.75, 3.05) is 21.3 Å². The lowest BCUT2D eigenvalue weighted by atomic mass is 9.86. The summed E-state index contributed by atoms with van der Waals surface area (Å²) < 4.78 is 16.3. The van der Waals surface area contributed by atoms with Crippen LogP contribution in [-0.2, 0) is 6.42 Å². The number of nitrogens with zero attached hydrogens (tertiary/aromatic N) is 1. The fourth-order valence-electron chi connectivity index (χ4n) is 4.29. The van der Waals surface area contributed by atoms with Crippen LogP contribution in [0.25, 0.3) is 0 Å². The molecule has 2 aromatic carbocycles. The second kappa shape index (κ2) is 7.74. The summed E-state index contributed by atoms with van der Waals surface area (Å²) in [5, 5.41) is 0. The van der Waals surface area contributed by atoms with Crippen molar-refractivity contribution < 1.29 is 19.0 Å². The van der Waals surface area contributed by atoms with E-state index < -0.39 is 0 Å². The molecule has 0 saturated heterocycles. The number of hydrogen-bond donors (Lipinski definition) is 0. The molecule has 5 nitrogen and oxygen atoms in total. The summed E-state index contributed by atoms with van der Waals surface area (Å²) in [5.74, 6) is 1.54.